The smallest absolute Gasteiger partial charge is 0.251 e. The van der Waals surface area contributed by atoms with Crippen LogP contribution in [0.25, 0.3) is 0 Å². The summed E-state index contributed by atoms with van der Waals surface area (Å²) < 4.78 is 0. The highest BCUT2D eigenvalue weighted by Crippen LogP contribution is 2.16. The van der Waals surface area contributed by atoms with E-state index in [1.165, 1.54) is 23.5 Å². The summed E-state index contributed by atoms with van der Waals surface area (Å²) in [6, 6.07) is 8.11. The van der Waals surface area contributed by atoms with Crippen molar-refractivity contribution in [3.05, 3.63) is 51.7 Å². The SMILES string of the molecule is O=C(NCc1sccc1C#CCCO)c1cccc(O)c1. The number of phenolic OH excluding ortho intramolecular Hbond substituents is 1. The molecule has 1 heterocycles. The maximum atomic E-state index is 12.0. The fraction of sp³-hybridized carbons (Fsp3) is 0.188. The highest BCUT2D eigenvalue weighted by Gasteiger charge is 2.08. The first-order valence-electron chi connectivity index (χ1n) is 6.44. The molecule has 0 unspecified atom stereocenters. The number of carbonyl (C=O) groups is 1. The van der Waals surface area contributed by atoms with E-state index in [1.807, 2.05) is 11.4 Å². The molecule has 0 fully saturated rings. The second-order valence-electron chi connectivity index (χ2n) is 4.27. The zero-order chi connectivity index (χ0) is 15.1. The molecule has 1 aromatic carbocycles. The van der Waals surface area contributed by atoms with E-state index in [1.54, 1.807) is 12.1 Å². The Bertz CT molecular complexity index is 682. The quantitative estimate of drug-likeness (QED) is 0.758. The number of aromatic hydroxyl groups is 1. The van der Waals surface area contributed by atoms with E-state index in [9.17, 15) is 9.90 Å². The summed E-state index contributed by atoms with van der Waals surface area (Å²) in [6.07, 6.45) is 0.435. The third-order valence-electron chi connectivity index (χ3n) is 2.72. The Labute approximate surface area is 127 Å². The van der Waals surface area contributed by atoms with Crippen LogP contribution >= 0.6 is 11.3 Å². The van der Waals surface area contributed by atoms with Crippen molar-refractivity contribution in [3.8, 4) is 17.6 Å². The summed E-state index contributed by atoms with van der Waals surface area (Å²) in [5, 5.41) is 22.8. The van der Waals surface area contributed by atoms with Gasteiger partial charge in [0.1, 0.15) is 5.75 Å². The number of rotatable bonds is 4. The fourth-order valence-electron chi connectivity index (χ4n) is 1.71. The summed E-state index contributed by atoms with van der Waals surface area (Å²) in [4.78, 5) is 12.9. The predicted molar refractivity (Wildman–Crippen MR) is 82.2 cm³/mol. The number of benzene rings is 1. The van der Waals surface area contributed by atoms with E-state index < -0.39 is 0 Å². The molecule has 0 spiro atoms. The minimum Gasteiger partial charge on any atom is -0.508 e. The van der Waals surface area contributed by atoms with Gasteiger partial charge in [-0.15, -0.1) is 11.3 Å². The molecule has 2 aromatic rings. The number of thiophene rings is 1. The zero-order valence-corrected chi connectivity index (χ0v) is 12.1. The second kappa shape index (κ2) is 7.48. The van der Waals surface area contributed by atoms with Gasteiger partial charge < -0.3 is 15.5 Å². The van der Waals surface area contributed by atoms with Gasteiger partial charge in [0.15, 0.2) is 0 Å². The largest absolute Gasteiger partial charge is 0.508 e. The molecule has 0 aliphatic heterocycles. The average molecular weight is 301 g/mol. The molecule has 0 aliphatic carbocycles. The molecule has 0 aliphatic rings. The number of carbonyl (C=O) groups excluding carboxylic acids is 1. The Morgan fingerprint density at radius 1 is 1.33 bits per heavy atom. The van der Waals surface area contributed by atoms with Gasteiger partial charge in [0.05, 0.1) is 13.2 Å². The van der Waals surface area contributed by atoms with Gasteiger partial charge in [0.25, 0.3) is 5.91 Å². The lowest BCUT2D eigenvalue weighted by molar-refractivity contribution is 0.0951. The van der Waals surface area contributed by atoms with E-state index in [0.29, 0.717) is 18.5 Å². The number of aliphatic hydroxyl groups excluding tert-OH is 1. The van der Waals surface area contributed by atoms with Gasteiger partial charge in [-0.2, -0.15) is 0 Å². The monoisotopic (exact) mass is 301 g/mol. The van der Waals surface area contributed by atoms with Gasteiger partial charge in [-0.05, 0) is 29.6 Å². The van der Waals surface area contributed by atoms with E-state index in [0.717, 1.165) is 10.4 Å². The molecule has 5 heteroatoms. The Morgan fingerprint density at radius 2 is 2.19 bits per heavy atom. The van der Waals surface area contributed by atoms with Crippen LogP contribution in [-0.2, 0) is 6.54 Å². The Kier molecular flexibility index (Phi) is 5.38. The number of hydrogen-bond donors (Lipinski definition) is 3. The van der Waals surface area contributed by atoms with Crippen LogP contribution in [0.1, 0.15) is 27.2 Å². The number of aliphatic hydroxyl groups is 1. The van der Waals surface area contributed by atoms with Crippen LogP contribution in [-0.4, -0.2) is 22.7 Å². The summed E-state index contributed by atoms with van der Waals surface area (Å²) in [5.74, 6) is 5.66. The lowest BCUT2D eigenvalue weighted by Crippen LogP contribution is -2.22. The van der Waals surface area contributed by atoms with Crippen LogP contribution in [0.4, 0.5) is 0 Å². The molecule has 108 valence electrons. The molecule has 4 nitrogen and oxygen atoms in total. The number of amides is 1. The van der Waals surface area contributed by atoms with E-state index in [2.05, 4.69) is 17.2 Å². The zero-order valence-electron chi connectivity index (χ0n) is 11.3. The third-order valence-corrected chi connectivity index (χ3v) is 3.64. The third kappa shape index (κ3) is 4.35. The Morgan fingerprint density at radius 3 is 2.95 bits per heavy atom. The maximum absolute atomic E-state index is 12.0. The summed E-state index contributed by atoms with van der Waals surface area (Å²) in [6.45, 7) is 0.427. The van der Waals surface area contributed by atoms with Gasteiger partial charge in [-0.3, -0.25) is 4.79 Å². The van der Waals surface area contributed by atoms with Gasteiger partial charge in [0, 0.05) is 22.4 Å². The van der Waals surface area contributed by atoms with Crippen LogP contribution in [0, 0.1) is 11.8 Å². The highest BCUT2D eigenvalue weighted by molar-refractivity contribution is 7.10. The molecule has 1 amide bonds. The summed E-state index contributed by atoms with van der Waals surface area (Å²) in [5.41, 5.74) is 1.28. The molecule has 0 saturated carbocycles. The minimum atomic E-state index is -0.242. The van der Waals surface area contributed by atoms with Crippen LogP contribution < -0.4 is 5.32 Å². The van der Waals surface area contributed by atoms with E-state index in [-0.39, 0.29) is 18.3 Å². The van der Waals surface area contributed by atoms with Crippen molar-refractivity contribution in [3.63, 3.8) is 0 Å². The lowest BCUT2D eigenvalue weighted by Gasteiger charge is -2.04. The maximum Gasteiger partial charge on any atom is 0.251 e. The second-order valence-corrected chi connectivity index (χ2v) is 5.27. The molecule has 0 radical (unpaired) electrons. The Hall–Kier alpha value is -2.29. The first-order chi connectivity index (χ1) is 10.2. The predicted octanol–water partition coefficient (Wildman–Crippen LogP) is 2.12. The van der Waals surface area contributed by atoms with Gasteiger partial charge in [0.2, 0.25) is 0 Å². The average Bonchev–Trinajstić information content (AvgIpc) is 2.92. The highest BCUT2D eigenvalue weighted by atomic mass is 32.1. The van der Waals surface area contributed by atoms with Crippen molar-refractivity contribution in [2.75, 3.05) is 6.61 Å². The van der Waals surface area contributed by atoms with Gasteiger partial charge >= 0.3 is 0 Å². The molecule has 3 N–H and O–H groups in total. The number of nitrogens with one attached hydrogen (secondary N) is 1. The summed E-state index contributed by atoms with van der Waals surface area (Å²) >= 11 is 1.52. The number of phenols is 1. The molecular weight excluding hydrogens is 286 g/mol. The van der Waals surface area contributed by atoms with E-state index in [4.69, 9.17) is 5.11 Å². The molecular formula is C16H15NO3S. The van der Waals surface area contributed by atoms with Gasteiger partial charge in [-0.25, -0.2) is 0 Å². The first kappa shape index (κ1) is 15.1. The van der Waals surface area contributed by atoms with Crippen LogP contribution in [0.2, 0.25) is 0 Å². The van der Waals surface area contributed by atoms with Crippen molar-refractivity contribution in [1.29, 1.82) is 0 Å². The van der Waals surface area contributed by atoms with E-state index >= 15 is 0 Å². The normalized spacial score (nSPS) is 9.76. The first-order valence-corrected chi connectivity index (χ1v) is 7.32. The van der Waals surface area contributed by atoms with Crippen molar-refractivity contribution in [2.45, 2.75) is 13.0 Å². The van der Waals surface area contributed by atoms with Crippen molar-refractivity contribution >= 4 is 17.2 Å². The molecule has 0 atom stereocenters. The molecule has 2 rings (SSSR count). The van der Waals surface area contributed by atoms with Crippen LogP contribution in [0.3, 0.4) is 0 Å². The summed E-state index contributed by atoms with van der Waals surface area (Å²) in [7, 11) is 0. The topological polar surface area (TPSA) is 69.6 Å². The molecule has 21 heavy (non-hydrogen) atoms. The van der Waals surface area contributed by atoms with Crippen molar-refractivity contribution < 1.29 is 15.0 Å². The van der Waals surface area contributed by atoms with Crippen molar-refractivity contribution in [2.24, 2.45) is 0 Å². The lowest BCUT2D eigenvalue weighted by atomic mass is 10.2. The van der Waals surface area contributed by atoms with Crippen LogP contribution in [0.5, 0.6) is 5.75 Å². The molecule has 0 bridgehead atoms. The molecule has 1 aromatic heterocycles. The molecule has 0 saturated heterocycles. The van der Waals surface area contributed by atoms with Crippen molar-refractivity contribution in [1.82, 2.24) is 5.32 Å². The standard InChI is InChI=1S/C16H15NO3S/c18-8-2-1-4-12-7-9-21-15(12)11-17-16(20)13-5-3-6-14(19)10-13/h3,5-7,9-10,18-19H,2,8,11H2,(H,17,20). The minimum absolute atomic E-state index is 0.0424. The number of hydrogen-bond acceptors (Lipinski definition) is 4. The van der Waals surface area contributed by atoms with Crippen LogP contribution in [0.15, 0.2) is 35.7 Å². The van der Waals surface area contributed by atoms with Gasteiger partial charge in [-0.1, -0.05) is 17.9 Å². The fourth-order valence-corrected chi connectivity index (χ4v) is 2.48. The Balaban J connectivity index is 1.99.